The van der Waals surface area contributed by atoms with Crippen molar-refractivity contribution in [3.05, 3.63) is 12.2 Å². The molecule has 1 N–H and O–H groups in total. The maximum Gasteiger partial charge on any atom is 0.331 e. The fraction of sp³-hybridized carbons (Fsp3) is 0.455. The van der Waals surface area contributed by atoms with Crippen LogP contribution >= 0.6 is 0 Å². The lowest BCUT2D eigenvalue weighted by Gasteiger charge is -2.31. The van der Waals surface area contributed by atoms with Crippen LogP contribution in [0.5, 0.6) is 0 Å². The summed E-state index contributed by atoms with van der Waals surface area (Å²) in [4.78, 5) is 46.0. The van der Waals surface area contributed by atoms with Gasteiger partial charge in [-0.2, -0.15) is 0 Å². The molecule has 1 saturated heterocycles. The molecule has 0 spiro atoms. The molecule has 1 heterocycles. The van der Waals surface area contributed by atoms with Crippen molar-refractivity contribution in [3.63, 3.8) is 0 Å². The Kier molecular flexibility index (Phi) is 5.04. The Hall–Kier alpha value is -2.38. The van der Waals surface area contributed by atoms with E-state index in [1.54, 1.807) is 0 Å². The predicted molar refractivity (Wildman–Crippen MR) is 61.7 cm³/mol. The minimum atomic E-state index is -0.864. The van der Waals surface area contributed by atoms with Crippen molar-refractivity contribution in [2.75, 3.05) is 27.3 Å². The monoisotopic (exact) mass is 270 g/mol. The van der Waals surface area contributed by atoms with E-state index in [0.717, 1.165) is 12.2 Å². The zero-order valence-electron chi connectivity index (χ0n) is 10.5. The number of ether oxygens (including phenoxy) is 2. The maximum atomic E-state index is 11.5. The molecule has 8 nitrogen and oxygen atoms in total. The number of nitrogens with one attached hydrogen (secondary N) is 1. The molecular formula is C11H14N2O6. The first kappa shape index (κ1) is 14.7. The molecule has 2 amide bonds. The second kappa shape index (κ2) is 6.53. The Morgan fingerprint density at radius 3 is 2.63 bits per heavy atom. The van der Waals surface area contributed by atoms with E-state index < -0.39 is 23.9 Å². The topological polar surface area (TPSA) is 102 Å². The lowest BCUT2D eigenvalue weighted by molar-refractivity contribution is -0.151. The van der Waals surface area contributed by atoms with Crippen molar-refractivity contribution in [3.8, 4) is 0 Å². The Morgan fingerprint density at radius 1 is 1.37 bits per heavy atom. The molecule has 1 aliphatic rings. The zero-order valence-corrected chi connectivity index (χ0v) is 10.5. The number of piperazine rings is 1. The molecule has 0 aliphatic carbocycles. The Labute approximate surface area is 109 Å². The summed E-state index contributed by atoms with van der Waals surface area (Å²) in [7, 11) is 2.62. The summed E-state index contributed by atoms with van der Waals surface area (Å²) in [6.45, 7) is -0.347. The third-order valence-electron chi connectivity index (χ3n) is 2.52. The number of carbonyl (C=O) groups is 4. The van der Waals surface area contributed by atoms with Gasteiger partial charge in [0.05, 0.1) is 13.7 Å². The molecule has 1 atom stereocenters. The maximum absolute atomic E-state index is 11.5. The predicted octanol–water partition coefficient (Wildman–Crippen LogP) is -1.78. The minimum absolute atomic E-state index is 0.0674. The van der Waals surface area contributed by atoms with Crippen molar-refractivity contribution in [1.29, 1.82) is 0 Å². The third kappa shape index (κ3) is 4.09. The van der Waals surface area contributed by atoms with Gasteiger partial charge in [0.25, 0.3) is 0 Å². The number of amides is 2. The quantitative estimate of drug-likeness (QED) is 0.478. The van der Waals surface area contributed by atoms with Crippen LogP contribution < -0.4 is 5.32 Å². The van der Waals surface area contributed by atoms with Gasteiger partial charge in [0.2, 0.25) is 11.8 Å². The average Bonchev–Trinajstić information content (AvgIpc) is 2.40. The number of likely N-dealkylation sites (N-methyl/N-ethyl adjacent to an activating group) is 1. The average molecular weight is 270 g/mol. The van der Waals surface area contributed by atoms with Crippen LogP contribution in [0.1, 0.15) is 0 Å². The Bertz CT molecular complexity index is 431. The highest BCUT2D eigenvalue weighted by Gasteiger charge is 2.32. The van der Waals surface area contributed by atoms with Crippen LogP contribution in [0.25, 0.3) is 0 Å². The van der Waals surface area contributed by atoms with Crippen LogP contribution in [0, 0.1) is 0 Å². The first-order chi connectivity index (χ1) is 8.95. The fourth-order valence-corrected chi connectivity index (χ4v) is 1.36. The van der Waals surface area contributed by atoms with Gasteiger partial charge in [0.1, 0.15) is 12.6 Å². The van der Waals surface area contributed by atoms with Crippen molar-refractivity contribution >= 4 is 23.8 Å². The summed E-state index contributed by atoms with van der Waals surface area (Å²) in [5.41, 5.74) is 0. The number of carbonyl (C=O) groups excluding carboxylic acids is 4. The molecule has 1 aliphatic heterocycles. The third-order valence-corrected chi connectivity index (χ3v) is 2.52. The highest BCUT2D eigenvalue weighted by Crippen LogP contribution is 2.03. The van der Waals surface area contributed by atoms with Crippen LogP contribution in [-0.2, 0) is 28.7 Å². The number of methoxy groups -OCH3 is 1. The van der Waals surface area contributed by atoms with Crippen molar-refractivity contribution in [2.45, 2.75) is 6.04 Å². The molecular weight excluding hydrogens is 256 g/mol. The molecule has 0 aromatic heterocycles. The first-order valence-corrected chi connectivity index (χ1v) is 5.42. The second-order valence-electron chi connectivity index (χ2n) is 3.72. The van der Waals surface area contributed by atoms with E-state index in [2.05, 4.69) is 10.1 Å². The van der Waals surface area contributed by atoms with E-state index in [1.165, 1.54) is 19.1 Å². The summed E-state index contributed by atoms with van der Waals surface area (Å²) >= 11 is 0. The SMILES string of the molecule is COC(=O)/C=C/C(=O)OC[C@H]1C(=O)NCC(=O)N1C. The van der Waals surface area contributed by atoms with Crippen LogP contribution in [0.2, 0.25) is 0 Å². The van der Waals surface area contributed by atoms with E-state index >= 15 is 0 Å². The second-order valence-corrected chi connectivity index (χ2v) is 3.72. The summed E-state index contributed by atoms with van der Waals surface area (Å²) in [5, 5.41) is 2.38. The van der Waals surface area contributed by atoms with Crippen molar-refractivity contribution < 1.29 is 28.7 Å². The summed E-state index contributed by atoms with van der Waals surface area (Å²) in [6.07, 6.45) is 1.78. The van der Waals surface area contributed by atoms with Crippen LogP contribution in [-0.4, -0.2) is 62.0 Å². The Morgan fingerprint density at radius 2 is 2.00 bits per heavy atom. The van der Waals surface area contributed by atoms with Gasteiger partial charge in [-0.05, 0) is 0 Å². The molecule has 1 rings (SSSR count). The fourth-order valence-electron chi connectivity index (χ4n) is 1.36. The van der Waals surface area contributed by atoms with Crippen LogP contribution in [0.15, 0.2) is 12.2 Å². The van der Waals surface area contributed by atoms with Crippen LogP contribution in [0.4, 0.5) is 0 Å². The molecule has 0 aromatic rings. The van der Waals surface area contributed by atoms with Gasteiger partial charge in [-0.3, -0.25) is 9.59 Å². The summed E-state index contributed by atoms with van der Waals surface area (Å²) in [5.74, 6) is -2.16. The standard InChI is InChI=1S/C11H14N2O6/c1-13-7(11(17)12-5-8(13)14)6-19-10(16)4-3-9(15)18-2/h3-4,7H,5-6H2,1-2H3,(H,12,17)/b4-3+/t7-/m0/s1. The molecule has 8 heteroatoms. The number of rotatable bonds is 4. The summed E-state index contributed by atoms with van der Waals surface area (Å²) in [6, 6.07) is -0.864. The highest BCUT2D eigenvalue weighted by molar-refractivity contribution is 5.95. The number of esters is 2. The van der Waals surface area contributed by atoms with E-state index in [0.29, 0.717) is 0 Å². The van der Waals surface area contributed by atoms with Crippen LogP contribution in [0.3, 0.4) is 0 Å². The largest absolute Gasteiger partial charge is 0.466 e. The number of hydrogen-bond donors (Lipinski definition) is 1. The zero-order chi connectivity index (χ0) is 14.4. The molecule has 19 heavy (non-hydrogen) atoms. The van der Waals surface area contributed by atoms with Gasteiger partial charge >= 0.3 is 11.9 Å². The van der Waals surface area contributed by atoms with E-state index in [9.17, 15) is 19.2 Å². The molecule has 0 bridgehead atoms. The Balaban J connectivity index is 2.49. The number of nitrogens with zero attached hydrogens (tertiary/aromatic N) is 1. The van der Waals surface area contributed by atoms with E-state index in [1.807, 2.05) is 0 Å². The summed E-state index contributed by atoms with van der Waals surface area (Å²) < 4.78 is 9.07. The normalized spacial score (nSPS) is 19.3. The number of hydrogen-bond acceptors (Lipinski definition) is 6. The van der Waals surface area contributed by atoms with Crippen molar-refractivity contribution in [1.82, 2.24) is 10.2 Å². The van der Waals surface area contributed by atoms with Gasteiger partial charge in [0.15, 0.2) is 0 Å². The lowest BCUT2D eigenvalue weighted by Crippen LogP contribution is -2.58. The van der Waals surface area contributed by atoms with Gasteiger partial charge in [-0.25, -0.2) is 9.59 Å². The minimum Gasteiger partial charge on any atom is -0.466 e. The van der Waals surface area contributed by atoms with E-state index in [-0.39, 0.29) is 19.1 Å². The molecule has 0 aromatic carbocycles. The van der Waals surface area contributed by atoms with Gasteiger partial charge in [-0.1, -0.05) is 0 Å². The molecule has 1 fully saturated rings. The lowest BCUT2D eigenvalue weighted by atomic mass is 10.2. The van der Waals surface area contributed by atoms with E-state index in [4.69, 9.17) is 4.74 Å². The van der Waals surface area contributed by atoms with Gasteiger partial charge < -0.3 is 19.7 Å². The van der Waals surface area contributed by atoms with Crippen molar-refractivity contribution in [2.24, 2.45) is 0 Å². The first-order valence-electron chi connectivity index (χ1n) is 5.42. The molecule has 0 radical (unpaired) electrons. The molecule has 104 valence electrons. The molecule has 0 unspecified atom stereocenters. The highest BCUT2D eigenvalue weighted by atomic mass is 16.5. The molecule has 0 saturated carbocycles. The van der Waals surface area contributed by atoms with Gasteiger partial charge in [-0.15, -0.1) is 0 Å². The van der Waals surface area contributed by atoms with Gasteiger partial charge in [0, 0.05) is 19.2 Å². The smallest absolute Gasteiger partial charge is 0.331 e.